The number of nitrogens with zero attached hydrogens (tertiary/aromatic N) is 6. The fourth-order valence-electron chi connectivity index (χ4n) is 4.12. The van der Waals surface area contributed by atoms with Crippen molar-refractivity contribution in [1.82, 2.24) is 25.3 Å². The van der Waals surface area contributed by atoms with E-state index in [0.717, 1.165) is 50.7 Å². The van der Waals surface area contributed by atoms with Crippen molar-refractivity contribution in [2.24, 2.45) is 0 Å². The van der Waals surface area contributed by atoms with Crippen LogP contribution < -0.4 is 4.90 Å². The molecular weight excluding hydrogens is 344 g/mol. The molecule has 2 aromatic rings. The van der Waals surface area contributed by atoms with Crippen molar-refractivity contribution in [3.05, 3.63) is 29.1 Å². The Morgan fingerprint density at radius 3 is 2.89 bits per heavy atom. The number of rotatable bonds is 5. The molecule has 1 unspecified atom stereocenters. The van der Waals surface area contributed by atoms with Crippen LogP contribution in [0, 0.1) is 0 Å². The van der Waals surface area contributed by atoms with Crippen molar-refractivity contribution in [2.45, 2.75) is 50.6 Å². The highest BCUT2D eigenvalue weighted by molar-refractivity contribution is 5.45. The summed E-state index contributed by atoms with van der Waals surface area (Å²) >= 11 is 0. The molecule has 144 valence electrons. The Morgan fingerprint density at radius 2 is 2.04 bits per heavy atom. The number of aromatic nitrogens is 4. The zero-order valence-electron chi connectivity index (χ0n) is 15.8. The molecule has 8 nitrogen and oxygen atoms in total. The van der Waals surface area contributed by atoms with Gasteiger partial charge < -0.3 is 14.1 Å². The Hall–Kier alpha value is -2.06. The van der Waals surface area contributed by atoms with Gasteiger partial charge in [0.1, 0.15) is 0 Å². The molecule has 0 spiro atoms. The zero-order valence-corrected chi connectivity index (χ0v) is 15.8. The van der Waals surface area contributed by atoms with Crippen LogP contribution in [0.5, 0.6) is 0 Å². The fraction of sp³-hybridized carbons (Fsp3) is 0.684. The van der Waals surface area contributed by atoms with Crippen molar-refractivity contribution in [3.63, 3.8) is 0 Å². The minimum atomic E-state index is 0.262. The summed E-state index contributed by atoms with van der Waals surface area (Å²) < 4.78 is 11.3. The standard InChI is InChI=1S/C19H26N6O2/c1-24(11-18-22-23-19(27-18)14-6-7-26-12-14)15-9-25(10-15)17-8-13-4-2-3-5-16(13)20-21-17/h8,14-15H,2-7,9-12H2,1H3. The largest absolute Gasteiger partial charge is 0.423 e. The quantitative estimate of drug-likeness (QED) is 0.784. The van der Waals surface area contributed by atoms with E-state index in [1.165, 1.54) is 24.1 Å². The average Bonchev–Trinajstić information content (AvgIpc) is 3.32. The molecule has 0 bridgehead atoms. The van der Waals surface area contributed by atoms with Crippen LogP contribution in [0.15, 0.2) is 10.5 Å². The molecule has 0 aromatic carbocycles. The van der Waals surface area contributed by atoms with E-state index in [1.807, 2.05) is 0 Å². The minimum absolute atomic E-state index is 0.262. The second kappa shape index (κ2) is 7.16. The van der Waals surface area contributed by atoms with Gasteiger partial charge in [0.15, 0.2) is 5.82 Å². The Bertz CT molecular complexity index is 797. The molecule has 8 heteroatoms. The van der Waals surface area contributed by atoms with Crippen LogP contribution in [0.25, 0.3) is 0 Å². The van der Waals surface area contributed by atoms with Crippen LogP contribution in [0.2, 0.25) is 0 Å². The first-order valence-corrected chi connectivity index (χ1v) is 9.97. The monoisotopic (exact) mass is 370 g/mol. The van der Waals surface area contributed by atoms with Gasteiger partial charge in [0.2, 0.25) is 11.8 Å². The number of anilines is 1. The number of likely N-dealkylation sites (N-methyl/N-ethyl adjacent to an activating group) is 1. The van der Waals surface area contributed by atoms with E-state index in [0.29, 0.717) is 25.1 Å². The molecule has 1 atom stereocenters. The second-order valence-electron chi connectivity index (χ2n) is 7.95. The molecule has 0 amide bonds. The lowest BCUT2D eigenvalue weighted by Gasteiger charge is -2.44. The van der Waals surface area contributed by atoms with E-state index < -0.39 is 0 Å². The van der Waals surface area contributed by atoms with Crippen molar-refractivity contribution < 1.29 is 9.15 Å². The summed E-state index contributed by atoms with van der Waals surface area (Å²) in [6.45, 7) is 4.07. The summed E-state index contributed by atoms with van der Waals surface area (Å²) in [4.78, 5) is 4.59. The number of fused-ring (bicyclic) bond motifs is 1. The highest BCUT2D eigenvalue weighted by Crippen LogP contribution is 2.27. The summed E-state index contributed by atoms with van der Waals surface area (Å²) in [5.41, 5.74) is 2.58. The lowest BCUT2D eigenvalue weighted by Crippen LogP contribution is -2.58. The summed E-state index contributed by atoms with van der Waals surface area (Å²) in [6, 6.07) is 2.71. The summed E-state index contributed by atoms with van der Waals surface area (Å²) in [6.07, 6.45) is 5.69. The first kappa shape index (κ1) is 17.1. The van der Waals surface area contributed by atoms with Crippen LogP contribution in [-0.2, 0) is 24.1 Å². The summed E-state index contributed by atoms with van der Waals surface area (Å²) in [5, 5.41) is 17.3. The summed E-state index contributed by atoms with van der Waals surface area (Å²) in [7, 11) is 2.11. The molecule has 1 aliphatic carbocycles. The molecular formula is C19H26N6O2. The van der Waals surface area contributed by atoms with Gasteiger partial charge in [-0.15, -0.1) is 15.3 Å². The van der Waals surface area contributed by atoms with Gasteiger partial charge >= 0.3 is 0 Å². The topological polar surface area (TPSA) is 80.4 Å². The molecule has 5 rings (SSSR count). The maximum atomic E-state index is 5.85. The highest BCUT2D eigenvalue weighted by atomic mass is 16.5. The maximum Gasteiger partial charge on any atom is 0.230 e. The van der Waals surface area contributed by atoms with Crippen LogP contribution in [0.3, 0.4) is 0 Å². The van der Waals surface area contributed by atoms with Crippen LogP contribution in [0.4, 0.5) is 5.82 Å². The Morgan fingerprint density at radius 1 is 1.15 bits per heavy atom. The van der Waals surface area contributed by atoms with Crippen molar-refractivity contribution in [1.29, 1.82) is 0 Å². The van der Waals surface area contributed by atoms with Crippen LogP contribution in [0.1, 0.15) is 48.2 Å². The molecule has 2 saturated heterocycles. The third-order valence-electron chi connectivity index (χ3n) is 6.01. The molecule has 2 aromatic heterocycles. The SMILES string of the molecule is CN(Cc1nnc(C2CCOC2)o1)C1CN(c2cc3c(nn2)CCCC3)C1. The van der Waals surface area contributed by atoms with Gasteiger partial charge in [-0.3, -0.25) is 4.90 Å². The van der Waals surface area contributed by atoms with Gasteiger partial charge in [-0.1, -0.05) is 0 Å². The number of hydrogen-bond acceptors (Lipinski definition) is 8. The van der Waals surface area contributed by atoms with Gasteiger partial charge in [0.05, 0.1) is 24.8 Å². The van der Waals surface area contributed by atoms with E-state index >= 15 is 0 Å². The predicted molar refractivity (Wildman–Crippen MR) is 98.6 cm³/mol. The minimum Gasteiger partial charge on any atom is -0.423 e. The van der Waals surface area contributed by atoms with Gasteiger partial charge in [0, 0.05) is 25.7 Å². The Kier molecular flexibility index (Phi) is 4.53. The predicted octanol–water partition coefficient (Wildman–Crippen LogP) is 1.56. The lowest BCUT2D eigenvalue weighted by atomic mass is 9.96. The van der Waals surface area contributed by atoms with E-state index in [2.05, 4.69) is 43.3 Å². The lowest BCUT2D eigenvalue weighted by molar-refractivity contribution is 0.176. The van der Waals surface area contributed by atoms with Crippen molar-refractivity contribution in [3.8, 4) is 0 Å². The second-order valence-corrected chi connectivity index (χ2v) is 7.95. The van der Waals surface area contributed by atoms with E-state index in [1.54, 1.807) is 0 Å². The van der Waals surface area contributed by atoms with E-state index in [4.69, 9.17) is 9.15 Å². The highest BCUT2D eigenvalue weighted by Gasteiger charge is 2.32. The fourth-order valence-corrected chi connectivity index (χ4v) is 4.12. The third kappa shape index (κ3) is 3.43. The Balaban J connectivity index is 1.16. The number of ether oxygens (including phenoxy) is 1. The van der Waals surface area contributed by atoms with E-state index in [9.17, 15) is 0 Å². The molecule has 2 aliphatic heterocycles. The van der Waals surface area contributed by atoms with Crippen LogP contribution in [-0.4, -0.2) is 64.7 Å². The maximum absolute atomic E-state index is 5.85. The van der Waals surface area contributed by atoms with Crippen LogP contribution >= 0.6 is 0 Å². The number of hydrogen-bond donors (Lipinski definition) is 0. The van der Waals surface area contributed by atoms with Crippen molar-refractivity contribution in [2.75, 3.05) is 38.3 Å². The first-order chi connectivity index (χ1) is 13.3. The normalized spacial score (nSPS) is 22.9. The van der Waals surface area contributed by atoms with Gasteiger partial charge in [0.25, 0.3) is 0 Å². The molecule has 27 heavy (non-hydrogen) atoms. The number of aryl methyl sites for hydroxylation is 2. The van der Waals surface area contributed by atoms with Gasteiger partial charge in [-0.25, -0.2) is 0 Å². The molecule has 0 saturated carbocycles. The third-order valence-corrected chi connectivity index (χ3v) is 6.01. The molecule has 0 radical (unpaired) electrons. The van der Waals surface area contributed by atoms with E-state index in [-0.39, 0.29) is 5.92 Å². The van der Waals surface area contributed by atoms with Gasteiger partial charge in [-0.05, 0) is 50.8 Å². The van der Waals surface area contributed by atoms with Gasteiger partial charge in [-0.2, -0.15) is 5.10 Å². The molecule has 4 heterocycles. The zero-order chi connectivity index (χ0) is 18.2. The van der Waals surface area contributed by atoms with Crippen molar-refractivity contribution >= 4 is 5.82 Å². The Labute approximate surface area is 158 Å². The smallest absolute Gasteiger partial charge is 0.230 e. The molecule has 3 aliphatic rings. The molecule has 0 N–H and O–H groups in total. The molecule has 2 fully saturated rings. The summed E-state index contributed by atoms with van der Waals surface area (Å²) in [5.74, 6) is 2.68. The first-order valence-electron chi connectivity index (χ1n) is 9.97. The average molecular weight is 370 g/mol.